The molecule has 0 spiro atoms. The van der Waals surface area contributed by atoms with Crippen molar-refractivity contribution in [2.24, 2.45) is 0 Å². The molecular weight excluding hydrogens is 446 g/mol. The molecule has 7 nitrogen and oxygen atoms in total. The van der Waals surface area contributed by atoms with Gasteiger partial charge in [-0.25, -0.2) is 14.5 Å². The van der Waals surface area contributed by atoms with Crippen LogP contribution in [-0.2, 0) is 13.1 Å². The van der Waals surface area contributed by atoms with Crippen LogP contribution in [0.15, 0.2) is 97.5 Å². The number of benzene rings is 2. The lowest BCUT2D eigenvalue weighted by molar-refractivity contribution is 0.670. The molecule has 0 atom stereocenters. The second kappa shape index (κ2) is 9.56. The minimum Gasteiger partial charge on any atom is -0.340 e. The van der Waals surface area contributed by atoms with Gasteiger partial charge in [-0.3, -0.25) is 4.98 Å². The normalized spacial score (nSPS) is 11.2. The molecule has 6 aromatic rings. The fourth-order valence-corrected chi connectivity index (χ4v) is 4.43. The number of nitrogens with zero attached hydrogens (tertiary/aromatic N) is 5. The Hall–Kier alpha value is -4.62. The van der Waals surface area contributed by atoms with Crippen molar-refractivity contribution >= 4 is 5.65 Å². The van der Waals surface area contributed by atoms with Crippen molar-refractivity contribution in [3.8, 4) is 33.8 Å². The van der Waals surface area contributed by atoms with Gasteiger partial charge in [-0.2, -0.15) is 5.10 Å². The summed E-state index contributed by atoms with van der Waals surface area (Å²) in [5.41, 5.74) is 8.97. The Labute approximate surface area is 208 Å². The molecule has 0 unspecified atom stereocenters. The molecule has 0 fully saturated rings. The third-order valence-electron chi connectivity index (χ3n) is 6.16. The van der Waals surface area contributed by atoms with Gasteiger partial charge in [-0.15, -0.1) is 0 Å². The van der Waals surface area contributed by atoms with E-state index in [4.69, 9.17) is 9.97 Å². The molecule has 4 aromatic heterocycles. The number of aromatic nitrogens is 6. The molecule has 6 rings (SSSR count). The fraction of sp³-hybridized carbons (Fsp3) is 0.103. The summed E-state index contributed by atoms with van der Waals surface area (Å²) in [7, 11) is 0. The summed E-state index contributed by atoms with van der Waals surface area (Å²) in [6.45, 7) is 3.31. The van der Waals surface area contributed by atoms with E-state index in [0.717, 1.165) is 46.4 Å². The van der Waals surface area contributed by atoms with Crippen LogP contribution in [0.4, 0.5) is 0 Å². The van der Waals surface area contributed by atoms with Crippen molar-refractivity contribution in [2.75, 3.05) is 0 Å². The highest BCUT2D eigenvalue weighted by atomic mass is 15.3. The first kappa shape index (κ1) is 21.9. The highest BCUT2D eigenvalue weighted by Crippen LogP contribution is 2.29. The van der Waals surface area contributed by atoms with Crippen LogP contribution < -0.4 is 5.32 Å². The monoisotopic (exact) mass is 471 g/mol. The summed E-state index contributed by atoms with van der Waals surface area (Å²) in [5, 5.41) is 7.85. The Morgan fingerprint density at radius 3 is 2.56 bits per heavy atom. The molecule has 0 aliphatic rings. The number of rotatable bonds is 7. The molecule has 2 N–H and O–H groups in total. The molecule has 0 saturated heterocycles. The maximum Gasteiger partial charge on any atom is 0.155 e. The van der Waals surface area contributed by atoms with Crippen LogP contribution in [0.5, 0.6) is 0 Å². The van der Waals surface area contributed by atoms with Gasteiger partial charge in [0.2, 0.25) is 0 Å². The van der Waals surface area contributed by atoms with Crippen molar-refractivity contribution in [1.82, 2.24) is 34.9 Å². The van der Waals surface area contributed by atoms with Crippen LogP contribution in [0, 0.1) is 6.92 Å². The zero-order chi connectivity index (χ0) is 24.3. The van der Waals surface area contributed by atoms with E-state index < -0.39 is 0 Å². The first-order valence-electron chi connectivity index (χ1n) is 11.9. The van der Waals surface area contributed by atoms with Gasteiger partial charge in [0.1, 0.15) is 17.8 Å². The summed E-state index contributed by atoms with van der Waals surface area (Å²) >= 11 is 0. The smallest absolute Gasteiger partial charge is 0.155 e. The lowest BCUT2D eigenvalue weighted by Crippen LogP contribution is -2.14. The summed E-state index contributed by atoms with van der Waals surface area (Å²) in [4.78, 5) is 17.5. The molecule has 0 saturated carbocycles. The van der Waals surface area contributed by atoms with E-state index >= 15 is 0 Å². The van der Waals surface area contributed by atoms with E-state index in [9.17, 15) is 0 Å². The number of aryl methyl sites for hydroxylation is 1. The molecule has 0 aliphatic carbocycles. The van der Waals surface area contributed by atoms with E-state index in [2.05, 4.69) is 68.9 Å². The standard InChI is InChI=1S/C29H25N7/c1-20-8-7-13-25(33-20)29-28(23-14-15-27-31-19-32-36(27)18-23)34-26(35-29)17-30-16-22-11-5-6-12-24(22)21-9-3-2-4-10-21/h2-15,18-19,30H,16-17H2,1H3,(H,34,35). The van der Waals surface area contributed by atoms with E-state index in [1.165, 1.54) is 16.7 Å². The number of aromatic amines is 1. The number of fused-ring (bicyclic) bond motifs is 1. The maximum atomic E-state index is 4.95. The lowest BCUT2D eigenvalue weighted by atomic mass is 10.00. The minimum absolute atomic E-state index is 0.591. The Bertz CT molecular complexity index is 1630. The van der Waals surface area contributed by atoms with E-state index in [0.29, 0.717) is 6.54 Å². The van der Waals surface area contributed by atoms with E-state index in [-0.39, 0.29) is 0 Å². The molecule has 7 heteroatoms. The summed E-state index contributed by atoms with van der Waals surface area (Å²) in [5.74, 6) is 0.846. The van der Waals surface area contributed by atoms with Crippen molar-refractivity contribution in [2.45, 2.75) is 20.0 Å². The molecule has 0 aliphatic heterocycles. The third kappa shape index (κ3) is 4.39. The van der Waals surface area contributed by atoms with Gasteiger partial charge in [0.25, 0.3) is 0 Å². The Morgan fingerprint density at radius 1 is 0.806 bits per heavy atom. The summed E-state index contributed by atoms with van der Waals surface area (Å²) in [6.07, 6.45) is 3.51. The maximum absolute atomic E-state index is 4.95. The number of imidazole rings is 1. The van der Waals surface area contributed by atoms with E-state index in [1.807, 2.05) is 49.5 Å². The average Bonchev–Trinajstić information content (AvgIpc) is 3.56. The minimum atomic E-state index is 0.591. The second-order valence-corrected chi connectivity index (χ2v) is 8.68. The molecule has 0 bridgehead atoms. The topological polar surface area (TPSA) is 83.8 Å². The van der Waals surface area contributed by atoms with E-state index in [1.54, 1.807) is 10.8 Å². The van der Waals surface area contributed by atoms with Gasteiger partial charge in [-0.05, 0) is 47.9 Å². The molecular formula is C29H25N7. The molecule has 0 amide bonds. The van der Waals surface area contributed by atoms with Crippen LogP contribution in [-0.4, -0.2) is 29.5 Å². The van der Waals surface area contributed by atoms with Crippen molar-refractivity contribution in [3.63, 3.8) is 0 Å². The quantitative estimate of drug-likeness (QED) is 0.324. The molecule has 2 aromatic carbocycles. The SMILES string of the molecule is Cc1cccc(-c2nc(CNCc3ccccc3-c3ccccc3)[nH]c2-c2ccc3ncnn3c2)n1. The fourth-order valence-electron chi connectivity index (χ4n) is 4.43. The summed E-state index contributed by atoms with van der Waals surface area (Å²) < 4.78 is 1.77. The molecule has 176 valence electrons. The number of pyridine rings is 2. The van der Waals surface area contributed by atoms with Crippen LogP contribution in [0.3, 0.4) is 0 Å². The first-order chi connectivity index (χ1) is 17.7. The molecule has 36 heavy (non-hydrogen) atoms. The largest absolute Gasteiger partial charge is 0.340 e. The molecule has 4 heterocycles. The van der Waals surface area contributed by atoms with Gasteiger partial charge in [0, 0.05) is 24.0 Å². The predicted molar refractivity (Wildman–Crippen MR) is 141 cm³/mol. The predicted octanol–water partition coefficient (Wildman–Crippen LogP) is 5.45. The number of hydrogen-bond acceptors (Lipinski definition) is 5. The number of H-pyrrole nitrogens is 1. The van der Waals surface area contributed by atoms with Crippen molar-refractivity contribution in [3.05, 3.63) is 115 Å². The average molecular weight is 472 g/mol. The van der Waals surface area contributed by atoms with Crippen LogP contribution >= 0.6 is 0 Å². The number of nitrogens with one attached hydrogen (secondary N) is 2. The van der Waals surface area contributed by atoms with Gasteiger partial charge in [0.15, 0.2) is 5.65 Å². The summed E-state index contributed by atoms with van der Waals surface area (Å²) in [6, 6.07) is 28.9. The Kier molecular flexibility index (Phi) is 5.81. The first-order valence-corrected chi connectivity index (χ1v) is 11.9. The van der Waals surface area contributed by atoms with Gasteiger partial charge in [0.05, 0.1) is 17.9 Å². The van der Waals surface area contributed by atoms with Crippen molar-refractivity contribution < 1.29 is 0 Å². The van der Waals surface area contributed by atoms with Crippen molar-refractivity contribution in [1.29, 1.82) is 0 Å². The van der Waals surface area contributed by atoms with Crippen LogP contribution in [0.25, 0.3) is 39.4 Å². The highest BCUT2D eigenvalue weighted by Gasteiger charge is 2.16. The van der Waals surface area contributed by atoms with Gasteiger partial charge in [-0.1, -0.05) is 60.7 Å². The molecule has 0 radical (unpaired) electrons. The van der Waals surface area contributed by atoms with Crippen LogP contribution in [0.2, 0.25) is 0 Å². The highest BCUT2D eigenvalue weighted by molar-refractivity contribution is 5.77. The van der Waals surface area contributed by atoms with Gasteiger partial charge < -0.3 is 10.3 Å². The lowest BCUT2D eigenvalue weighted by Gasteiger charge is -2.10. The van der Waals surface area contributed by atoms with Gasteiger partial charge >= 0.3 is 0 Å². The zero-order valence-electron chi connectivity index (χ0n) is 19.9. The number of hydrogen-bond donors (Lipinski definition) is 2. The third-order valence-corrected chi connectivity index (χ3v) is 6.16. The zero-order valence-corrected chi connectivity index (χ0v) is 19.9. The van der Waals surface area contributed by atoms with Crippen LogP contribution in [0.1, 0.15) is 17.1 Å². The second-order valence-electron chi connectivity index (χ2n) is 8.68. The Morgan fingerprint density at radius 2 is 1.67 bits per heavy atom. The Balaban J connectivity index is 1.29.